The summed E-state index contributed by atoms with van der Waals surface area (Å²) >= 11 is 1.64. The molecule has 138 valence electrons. The van der Waals surface area contributed by atoms with Crippen LogP contribution < -0.4 is 16.0 Å². The molecule has 0 aliphatic rings. The van der Waals surface area contributed by atoms with Crippen molar-refractivity contribution >= 4 is 47.2 Å². The maximum atomic E-state index is 11.6. The standard InChI is InChI=1S/C16H29N5OS.HI/c1-6-17-16(18-8-7-14(22)20-12(4)5)19-9-15-21-13(10-23-15)11(2)3;/h10-12H,6-9H2,1-5H3,(H,20,22)(H2,17,18,19);1H. The molecule has 8 heteroatoms. The molecule has 0 radical (unpaired) electrons. The molecule has 1 rings (SSSR count). The predicted molar refractivity (Wildman–Crippen MR) is 112 cm³/mol. The van der Waals surface area contributed by atoms with Crippen LogP contribution in [0.5, 0.6) is 0 Å². The number of hydrogen-bond acceptors (Lipinski definition) is 4. The van der Waals surface area contributed by atoms with Gasteiger partial charge in [0.15, 0.2) is 5.96 Å². The molecule has 6 nitrogen and oxygen atoms in total. The molecule has 0 bridgehead atoms. The van der Waals surface area contributed by atoms with Gasteiger partial charge in [0.2, 0.25) is 5.91 Å². The molecule has 3 N–H and O–H groups in total. The number of hydrogen-bond donors (Lipinski definition) is 3. The number of rotatable bonds is 8. The van der Waals surface area contributed by atoms with E-state index in [1.54, 1.807) is 11.3 Å². The largest absolute Gasteiger partial charge is 0.357 e. The summed E-state index contributed by atoms with van der Waals surface area (Å²) in [6.45, 7) is 12.1. The molecule has 0 saturated carbocycles. The van der Waals surface area contributed by atoms with Gasteiger partial charge in [-0.1, -0.05) is 13.8 Å². The Morgan fingerprint density at radius 2 is 2.00 bits per heavy atom. The van der Waals surface area contributed by atoms with Gasteiger partial charge < -0.3 is 16.0 Å². The van der Waals surface area contributed by atoms with Crippen LogP contribution in [0.3, 0.4) is 0 Å². The van der Waals surface area contributed by atoms with Crippen LogP contribution in [0.2, 0.25) is 0 Å². The van der Waals surface area contributed by atoms with Crippen LogP contribution in [-0.2, 0) is 11.3 Å². The number of carbonyl (C=O) groups is 1. The summed E-state index contributed by atoms with van der Waals surface area (Å²) in [5.74, 6) is 1.20. The zero-order valence-corrected chi connectivity index (χ0v) is 18.3. The van der Waals surface area contributed by atoms with Crippen molar-refractivity contribution in [1.29, 1.82) is 0 Å². The molecule has 0 spiro atoms. The van der Waals surface area contributed by atoms with Gasteiger partial charge in [0.05, 0.1) is 12.2 Å². The molecule has 1 aromatic rings. The minimum Gasteiger partial charge on any atom is -0.357 e. The number of halogens is 1. The molecule has 0 aliphatic carbocycles. The topological polar surface area (TPSA) is 78.4 Å². The SMILES string of the molecule is CCNC(=NCc1nc(C(C)C)cs1)NCCC(=O)NC(C)C.I. The third kappa shape index (κ3) is 9.41. The summed E-state index contributed by atoms with van der Waals surface area (Å²) in [5, 5.41) is 12.3. The zero-order valence-electron chi connectivity index (χ0n) is 15.2. The van der Waals surface area contributed by atoms with Gasteiger partial charge >= 0.3 is 0 Å². The molecular formula is C16H30IN5OS. The summed E-state index contributed by atoms with van der Waals surface area (Å²) in [7, 11) is 0. The van der Waals surface area contributed by atoms with E-state index in [1.165, 1.54) is 0 Å². The van der Waals surface area contributed by atoms with Crippen LogP contribution in [0, 0.1) is 0 Å². The Balaban J connectivity index is 0.00000529. The Bertz CT molecular complexity index is 516. The minimum absolute atomic E-state index is 0. The van der Waals surface area contributed by atoms with Crippen molar-refractivity contribution in [2.24, 2.45) is 4.99 Å². The highest BCUT2D eigenvalue weighted by Crippen LogP contribution is 2.18. The fraction of sp³-hybridized carbons (Fsp3) is 0.688. The Hall–Kier alpha value is -0.900. The van der Waals surface area contributed by atoms with Crippen LogP contribution in [0.4, 0.5) is 0 Å². The van der Waals surface area contributed by atoms with Gasteiger partial charge in [-0.3, -0.25) is 4.79 Å². The maximum absolute atomic E-state index is 11.6. The van der Waals surface area contributed by atoms with Crippen molar-refractivity contribution in [3.63, 3.8) is 0 Å². The van der Waals surface area contributed by atoms with E-state index in [-0.39, 0.29) is 35.9 Å². The average Bonchev–Trinajstić information content (AvgIpc) is 2.93. The average molecular weight is 467 g/mol. The van der Waals surface area contributed by atoms with Crippen LogP contribution >= 0.6 is 35.3 Å². The lowest BCUT2D eigenvalue weighted by molar-refractivity contribution is -0.121. The first-order chi connectivity index (χ1) is 10.9. The number of carbonyl (C=O) groups excluding carboxylic acids is 1. The maximum Gasteiger partial charge on any atom is 0.221 e. The number of nitrogens with one attached hydrogen (secondary N) is 3. The molecule has 0 aromatic carbocycles. The van der Waals surface area contributed by atoms with Gasteiger partial charge in [-0.05, 0) is 26.7 Å². The van der Waals surface area contributed by atoms with E-state index in [2.05, 4.69) is 45.2 Å². The second-order valence-corrected chi connectivity index (χ2v) is 6.86. The van der Waals surface area contributed by atoms with Crippen LogP contribution in [0.1, 0.15) is 57.7 Å². The highest BCUT2D eigenvalue weighted by Gasteiger charge is 2.06. The van der Waals surface area contributed by atoms with E-state index in [0.29, 0.717) is 31.4 Å². The predicted octanol–water partition coefficient (Wildman–Crippen LogP) is 2.85. The number of thiazole rings is 1. The number of guanidine groups is 1. The van der Waals surface area contributed by atoms with Crippen molar-refractivity contribution in [3.05, 3.63) is 16.1 Å². The van der Waals surface area contributed by atoms with Crippen molar-refractivity contribution in [2.45, 2.75) is 59.5 Å². The quantitative estimate of drug-likeness (QED) is 0.312. The third-order valence-corrected chi connectivity index (χ3v) is 3.82. The fourth-order valence-electron chi connectivity index (χ4n) is 1.84. The highest BCUT2D eigenvalue weighted by atomic mass is 127. The Morgan fingerprint density at radius 3 is 2.54 bits per heavy atom. The molecule has 0 aliphatic heterocycles. The monoisotopic (exact) mass is 467 g/mol. The van der Waals surface area contributed by atoms with Crippen LogP contribution in [0.15, 0.2) is 10.4 Å². The first-order valence-electron chi connectivity index (χ1n) is 8.18. The van der Waals surface area contributed by atoms with Crippen molar-refractivity contribution < 1.29 is 4.79 Å². The molecule has 0 fully saturated rings. The summed E-state index contributed by atoms with van der Waals surface area (Å²) < 4.78 is 0. The van der Waals surface area contributed by atoms with Crippen LogP contribution in [0.25, 0.3) is 0 Å². The number of amides is 1. The summed E-state index contributed by atoms with van der Waals surface area (Å²) in [4.78, 5) is 20.7. The second kappa shape index (κ2) is 12.5. The molecule has 1 heterocycles. The highest BCUT2D eigenvalue weighted by molar-refractivity contribution is 14.0. The Morgan fingerprint density at radius 1 is 1.29 bits per heavy atom. The van der Waals surface area contributed by atoms with Gasteiger partial charge in [0.25, 0.3) is 0 Å². The van der Waals surface area contributed by atoms with Gasteiger partial charge in [-0.15, -0.1) is 35.3 Å². The van der Waals surface area contributed by atoms with E-state index in [9.17, 15) is 4.79 Å². The number of aromatic nitrogens is 1. The zero-order chi connectivity index (χ0) is 17.2. The second-order valence-electron chi connectivity index (χ2n) is 5.91. The third-order valence-electron chi connectivity index (χ3n) is 2.97. The molecular weight excluding hydrogens is 437 g/mol. The van der Waals surface area contributed by atoms with Crippen molar-refractivity contribution in [1.82, 2.24) is 20.9 Å². The van der Waals surface area contributed by atoms with Gasteiger partial charge in [-0.25, -0.2) is 9.98 Å². The molecule has 1 amide bonds. The first kappa shape index (κ1) is 23.1. The van der Waals surface area contributed by atoms with Gasteiger partial charge in [0.1, 0.15) is 5.01 Å². The van der Waals surface area contributed by atoms with E-state index in [0.717, 1.165) is 17.2 Å². The lowest BCUT2D eigenvalue weighted by Crippen LogP contribution is -2.40. The van der Waals surface area contributed by atoms with E-state index >= 15 is 0 Å². The van der Waals surface area contributed by atoms with Crippen molar-refractivity contribution in [3.8, 4) is 0 Å². The summed E-state index contributed by atoms with van der Waals surface area (Å²) in [6.07, 6.45) is 0.428. The lowest BCUT2D eigenvalue weighted by atomic mass is 10.2. The molecule has 0 saturated heterocycles. The van der Waals surface area contributed by atoms with E-state index in [1.807, 2.05) is 20.8 Å². The number of aliphatic imine (C=N–C) groups is 1. The summed E-state index contributed by atoms with van der Waals surface area (Å²) in [6, 6.07) is 0.171. The molecule has 0 unspecified atom stereocenters. The molecule has 1 aromatic heterocycles. The fourth-order valence-corrected chi connectivity index (χ4v) is 2.72. The van der Waals surface area contributed by atoms with E-state index < -0.39 is 0 Å². The van der Waals surface area contributed by atoms with Gasteiger partial charge in [0, 0.05) is 30.9 Å². The van der Waals surface area contributed by atoms with E-state index in [4.69, 9.17) is 0 Å². The lowest BCUT2D eigenvalue weighted by Gasteiger charge is -2.12. The Labute approximate surface area is 166 Å². The Kier molecular flexibility index (Phi) is 12.0. The number of nitrogens with zero attached hydrogens (tertiary/aromatic N) is 2. The first-order valence-corrected chi connectivity index (χ1v) is 9.06. The summed E-state index contributed by atoms with van der Waals surface area (Å²) in [5.41, 5.74) is 1.11. The van der Waals surface area contributed by atoms with Gasteiger partial charge in [-0.2, -0.15) is 0 Å². The normalized spacial score (nSPS) is 11.4. The van der Waals surface area contributed by atoms with Crippen molar-refractivity contribution in [2.75, 3.05) is 13.1 Å². The van der Waals surface area contributed by atoms with Crippen LogP contribution in [-0.4, -0.2) is 36.0 Å². The smallest absolute Gasteiger partial charge is 0.221 e. The minimum atomic E-state index is 0. The molecule has 24 heavy (non-hydrogen) atoms. The molecule has 0 atom stereocenters.